The maximum absolute atomic E-state index is 11.7. The number of hydrogen-bond acceptors (Lipinski definition) is 2. The molecule has 1 saturated carbocycles. The van der Waals surface area contributed by atoms with Crippen molar-refractivity contribution in [2.24, 2.45) is 5.73 Å². The maximum Gasteiger partial charge on any atom is 0.253 e. The number of pyridine rings is 1. The first-order valence-electron chi connectivity index (χ1n) is 4.64. The molecule has 0 atom stereocenters. The van der Waals surface area contributed by atoms with Crippen molar-refractivity contribution in [1.82, 2.24) is 4.98 Å². The molecule has 0 aliphatic heterocycles. The zero-order chi connectivity index (χ0) is 10.5. The number of aryl methyl sites for hydroxylation is 1. The van der Waals surface area contributed by atoms with E-state index in [0.717, 1.165) is 34.1 Å². The van der Waals surface area contributed by atoms with Crippen LogP contribution in [0, 0.1) is 13.8 Å². The number of halogens is 1. The molecule has 76 valence electrons. The first-order chi connectivity index (χ1) is 6.46. The van der Waals surface area contributed by atoms with Gasteiger partial charge in [-0.2, -0.15) is 0 Å². The third kappa shape index (κ3) is 1.33. The molecule has 3 nitrogen and oxygen atoms in total. The average Bonchev–Trinajstić information content (AvgIpc) is 2.80. The van der Waals surface area contributed by atoms with Gasteiger partial charge in [0.2, 0.25) is 0 Å². The van der Waals surface area contributed by atoms with Crippen LogP contribution in [-0.4, -0.2) is 4.98 Å². The Hall–Kier alpha value is -0.610. The Kier molecular flexibility index (Phi) is 2.08. The monoisotopic (exact) mass is 256 g/mol. The highest BCUT2D eigenvalue weighted by Crippen LogP contribution is 2.43. The average molecular weight is 257 g/mol. The van der Waals surface area contributed by atoms with Crippen LogP contribution >= 0.6 is 15.9 Å². The molecule has 1 aromatic rings. The topological polar surface area (TPSA) is 58.9 Å². The smallest absolute Gasteiger partial charge is 0.253 e. The Morgan fingerprint density at radius 3 is 2.50 bits per heavy atom. The summed E-state index contributed by atoms with van der Waals surface area (Å²) in [4.78, 5) is 14.6. The minimum Gasteiger partial charge on any atom is -0.325 e. The number of H-pyrrole nitrogens is 1. The van der Waals surface area contributed by atoms with Crippen molar-refractivity contribution in [3.63, 3.8) is 0 Å². The van der Waals surface area contributed by atoms with E-state index in [-0.39, 0.29) is 11.1 Å². The summed E-state index contributed by atoms with van der Waals surface area (Å²) in [6.45, 7) is 3.81. The molecule has 0 spiro atoms. The molecule has 1 fully saturated rings. The highest BCUT2D eigenvalue weighted by atomic mass is 79.9. The Labute approximate surface area is 90.8 Å². The normalized spacial score (nSPS) is 18.3. The SMILES string of the molecule is Cc1[nH]c(=O)c(C2(N)CC2)c(C)c1Br. The highest BCUT2D eigenvalue weighted by molar-refractivity contribution is 9.10. The zero-order valence-corrected chi connectivity index (χ0v) is 9.86. The summed E-state index contributed by atoms with van der Waals surface area (Å²) in [5.41, 5.74) is 8.23. The summed E-state index contributed by atoms with van der Waals surface area (Å²) in [5, 5.41) is 0. The Bertz CT molecular complexity index is 446. The molecule has 2 rings (SSSR count). The molecule has 3 N–H and O–H groups in total. The van der Waals surface area contributed by atoms with Crippen LogP contribution in [0.25, 0.3) is 0 Å². The zero-order valence-electron chi connectivity index (χ0n) is 8.28. The molecule has 14 heavy (non-hydrogen) atoms. The molecular weight excluding hydrogens is 244 g/mol. The number of aromatic amines is 1. The Morgan fingerprint density at radius 2 is 2.00 bits per heavy atom. The molecule has 0 bridgehead atoms. The molecule has 1 aliphatic carbocycles. The third-order valence-electron chi connectivity index (χ3n) is 2.85. The fourth-order valence-electron chi connectivity index (χ4n) is 1.83. The number of aromatic nitrogens is 1. The van der Waals surface area contributed by atoms with Crippen molar-refractivity contribution >= 4 is 15.9 Å². The molecule has 0 aromatic carbocycles. The van der Waals surface area contributed by atoms with Gasteiger partial charge in [-0.3, -0.25) is 4.79 Å². The van der Waals surface area contributed by atoms with Crippen LogP contribution in [0.1, 0.15) is 29.7 Å². The van der Waals surface area contributed by atoms with Crippen molar-refractivity contribution in [1.29, 1.82) is 0 Å². The van der Waals surface area contributed by atoms with Crippen LogP contribution in [0.15, 0.2) is 9.27 Å². The van der Waals surface area contributed by atoms with Gasteiger partial charge in [-0.1, -0.05) is 0 Å². The first-order valence-corrected chi connectivity index (χ1v) is 5.43. The minimum absolute atomic E-state index is 0.0387. The van der Waals surface area contributed by atoms with E-state index < -0.39 is 0 Å². The van der Waals surface area contributed by atoms with Crippen molar-refractivity contribution in [2.45, 2.75) is 32.2 Å². The van der Waals surface area contributed by atoms with Crippen molar-refractivity contribution < 1.29 is 0 Å². The second-order valence-corrected chi connectivity index (χ2v) is 4.84. The summed E-state index contributed by atoms with van der Waals surface area (Å²) in [6.07, 6.45) is 1.82. The number of hydrogen-bond donors (Lipinski definition) is 2. The van der Waals surface area contributed by atoms with Gasteiger partial charge in [-0.05, 0) is 48.2 Å². The summed E-state index contributed by atoms with van der Waals surface area (Å²) in [7, 11) is 0. The van der Waals surface area contributed by atoms with Gasteiger partial charge in [0.05, 0.1) is 0 Å². The lowest BCUT2D eigenvalue weighted by molar-refractivity contribution is 0.714. The van der Waals surface area contributed by atoms with Crippen LogP contribution in [0.2, 0.25) is 0 Å². The van der Waals surface area contributed by atoms with Crippen LogP contribution in [0.3, 0.4) is 0 Å². The van der Waals surface area contributed by atoms with E-state index in [9.17, 15) is 4.79 Å². The lowest BCUT2D eigenvalue weighted by Crippen LogP contribution is -2.30. The van der Waals surface area contributed by atoms with E-state index >= 15 is 0 Å². The van der Waals surface area contributed by atoms with E-state index in [2.05, 4.69) is 20.9 Å². The molecule has 4 heteroatoms. The van der Waals surface area contributed by atoms with E-state index in [0.29, 0.717) is 0 Å². The van der Waals surface area contributed by atoms with E-state index in [1.54, 1.807) is 0 Å². The predicted molar refractivity (Wildman–Crippen MR) is 59.3 cm³/mol. The Balaban J connectivity index is 2.72. The second-order valence-electron chi connectivity index (χ2n) is 4.05. The molecule has 0 radical (unpaired) electrons. The van der Waals surface area contributed by atoms with Crippen LogP contribution in [0.5, 0.6) is 0 Å². The maximum atomic E-state index is 11.7. The molecule has 1 aliphatic rings. The van der Waals surface area contributed by atoms with Crippen molar-refractivity contribution in [3.05, 3.63) is 31.6 Å². The number of rotatable bonds is 1. The van der Waals surface area contributed by atoms with Gasteiger partial charge in [0, 0.05) is 21.3 Å². The summed E-state index contributed by atoms with van der Waals surface area (Å²) in [5.74, 6) is 0. The van der Waals surface area contributed by atoms with Crippen LogP contribution in [-0.2, 0) is 5.54 Å². The minimum atomic E-state index is -0.367. The van der Waals surface area contributed by atoms with E-state index in [1.807, 2.05) is 13.8 Å². The van der Waals surface area contributed by atoms with Crippen LogP contribution < -0.4 is 11.3 Å². The fraction of sp³-hybridized carbons (Fsp3) is 0.500. The van der Waals surface area contributed by atoms with E-state index in [4.69, 9.17) is 5.73 Å². The largest absolute Gasteiger partial charge is 0.325 e. The second kappa shape index (κ2) is 2.94. The third-order valence-corrected chi connectivity index (χ3v) is 4.04. The van der Waals surface area contributed by atoms with Gasteiger partial charge < -0.3 is 10.7 Å². The first kappa shape index (κ1) is 9.93. The van der Waals surface area contributed by atoms with Crippen molar-refractivity contribution in [3.8, 4) is 0 Å². The van der Waals surface area contributed by atoms with Gasteiger partial charge >= 0.3 is 0 Å². The predicted octanol–water partition coefficient (Wildman–Crippen LogP) is 1.70. The quantitative estimate of drug-likeness (QED) is 0.804. The summed E-state index contributed by atoms with van der Waals surface area (Å²) in [6, 6.07) is 0. The van der Waals surface area contributed by atoms with Crippen LogP contribution in [0.4, 0.5) is 0 Å². The molecule has 0 saturated heterocycles. The lowest BCUT2D eigenvalue weighted by Gasteiger charge is -2.14. The Morgan fingerprint density at radius 1 is 1.43 bits per heavy atom. The van der Waals surface area contributed by atoms with Crippen molar-refractivity contribution in [2.75, 3.05) is 0 Å². The fourth-order valence-corrected chi connectivity index (χ4v) is 2.13. The number of nitrogens with one attached hydrogen (secondary N) is 1. The lowest BCUT2D eigenvalue weighted by atomic mass is 10.0. The molecule has 1 aromatic heterocycles. The van der Waals surface area contributed by atoms with Gasteiger partial charge in [0.1, 0.15) is 0 Å². The van der Waals surface area contributed by atoms with Gasteiger partial charge in [-0.15, -0.1) is 0 Å². The van der Waals surface area contributed by atoms with Gasteiger partial charge in [0.15, 0.2) is 0 Å². The van der Waals surface area contributed by atoms with Gasteiger partial charge in [0.25, 0.3) is 5.56 Å². The standard InChI is InChI=1S/C10H13BrN2O/c1-5-7(10(12)3-4-10)9(14)13-6(2)8(5)11/h3-4,12H2,1-2H3,(H,13,14). The summed E-state index contributed by atoms with van der Waals surface area (Å²) < 4.78 is 0.962. The molecule has 0 amide bonds. The number of nitrogens with two attached hydrogens (primary N) is 1. The molecule has 0 unspecified atom stereocenters. The highest BCUT2D eigenvalue weighted by Gasteiger charge is 2.43. The molecule has 1 heterocycles. The summed E-state index contributed by atoms with van der Waals surface area (Å²) >= 11 is 3.46. The van der Waals surface area contributed by atoms with Gasteiger partial charge in [-0.25, -0.2) is 0 Å². The van der Waals surface area contributed by atoms with E-state index in [1.165, 1.54) is 0 Å². The molecular formula is C10H13BrN2O.